The smallest absolute Gasteiger partial charge is 0.407 e. The Hall–Kier alpha value is -0.973. The zero-order valence-corrected chi connectivity index (χ0v) is 21.2. The maximum absolute atomic E-state index is 12.6. The van der Waals surface area contributed by atoms with Crippen LogP contribution in [0, 0.1) is 17.3 Å². The molecule has 0 aliphatic heterocycles. The number of hydrogen-bond donors (Lipinski definition) is 1. The minimum Gasteiger partial charge on any atom is -0.556 e. The second-order valence-electron chi connectivity index (χ2n) is 10.3. The summed E-state index contributed by atoms with van der Waals surface area (Å²) in [5.41, 5.74) is 0.768. The molecule has 0 aromatic heterocycles. The van der Waals surface area contributed by atoms with Gasteiger partial charge in [0, 0.05) is 12.0 Å². The molecule has 158 valence electrons. The normalized spacial score (nSPS) is 19.9. The molecule has 0 heterocycles. The van der Waals surface area contributed by atoms with Crippen LogP contribution in [0.5, 0.6) is 0 Å². The molecular weight excluding hydrogens is 354 g/mol. The highest BCUT2D eigenvalue weighted by Gasteiger charge is 2.37. The van der Waals surface area contributed by atoms with E-state index in [4.69, 9.17) is 9.16 Å². The number of carbonyl (C=O) groups excluding carboxylic acids is 1. The maximum Gasteiger partial charge on any atom is 0.407 e. The fourth-order valence-corrected chi connectivity index (χ4v) is 4.78. The van der Waals surface area contributed by atoms with Gasteiger partial charge in [0.05, 0.1) is 5.76 Å². The molecule has 2 atom stereocenters. The van der Waals surface area contributed by atoms with Crippen LogP contribution < -0.4 is 5.32 Å². The molecule has 1 rings (SSSR count). The van der Waals surface area contributed by atoms with Crippen LogP contribution in [0.4, 0.5) is 4.79 Å². The summed E-state index contributed by atoms with van der Waals surface area (Å²) in [6.07, 6.45) is 7.19. The van der Waals surface area contributed by atoms with Crippen LogP contribution in [0.15, 0.2) is 11.3 Å². The molecule has 0 aromatic rings. The van der Waals surface area contributed by atoms with E-state index in [2.05, 4.69) is 33.0 Å². The molecule has 0 spiro atoms. The quantitative estimate of drug-likeness (QED) is 0.501. The first-order valence-corrected chi connectivity index (χ1v) is 11.4. The summed E-state index contributed by atoms with van der Waals surface area (Å²) >= 11 is 0. The second kappa shape index (κ2) is 9.99. The Bertz CT molecular complexity index is 511. The average molecular weight is 398 g/mol. The van der Waals surface area contributed by atoms with Crippen molar-refractivity contribution in [3.63, 3.8) is 0 Å². The average Bonchev–Trinajstić information content (AvgIpc) is 2.51. The number of nitrogens with one attached hydrogen (secondary N) is 1. The maximum atomic E-state index is 12.6. The Morgan fingerprint density at radius 3 is 2.07 bits per heavy atom. The number of ether oxygens (including phenoxy) is 1. The largest absolute Gasteiger partial charge is 0.556 e. The summed E-state index contributed by atoms with van der Waals surface area (Å²) in [6, 6.07) is 0.0507. The fourth-order valence-electron chi connectivity index (χ4n) is 4.45. The van der Waals surface area contributed by atoms with Crippen molar-refractivity contribution in [1.82, 2.24) is 5.32 Å². The molecule has 0 saturated heterocycles. The van der Waals surface area contributed by atoms with Gasteiger partial charge < -0.3 is 14.5 Å². The topological polar surface area (TPSA) is 47.6 Å². The number of amides is 1. The molecule has 5 heteroatoms. The van der Waals surface area contributed by atoms with Gasteiger partial charge in [-0.2, -0.15) is 0 Å². The van der Waals surface area contributed by atoms with E-state index in [1.165, 1.54) is 37.7 Å². The van der Waals surface area contributed by atoms with Gasteiger partial charge in [0.1, 0.15) is 5.60 Å². The van der Waals surface area contributed by atoms with Crippen molar-refractivity contribution >= 4 is 16.6 Å². The van der Waals surface area contributed by atoms with E-state index in [-0.39, 0.29) is 23.5 Å². The molecule has 0 bridgehead atoms. The van der Waals surface area contributed by atoms with E-state index in [0.717, 1.165) is 12.2 Å². The van der Waals surface area contributed by atoms with Crippen LogP contribution in [-0.2, 0) is 9.16 Å². The van der Waals surface area contributed by atoms with Gasteiger partial charge in [-0.1, -0.05) is 52.9 Å². The lowest BCUT2D eigenvalue weighted by atomic mass is 9.69. The molecule has 4 nitrogen and oxygen atoms in total. The van der Waals surface area contributed by atoms with Crippen LogP contribution in [0.3, 0.4) is 0 Å². The monoisotopic (exact) mass is 397 g/mol. The van der Waals surface area contributed by atoms with Gasteiger partial charge in [-0.15, -0.1) is 0 Å². The van der Waals surface area contributed by atoms with Crippen LogP contribution >= 0.6 is 0 Å². The molecule has 1 saturated carbocycles. The summed E-state index contributed by atoms with van der Waals surface area (Å²) in [5, 5.41) is 3.25. The van der Waals surface area contributed by atoms with Gasteiger partial charge in [-0.05, 0) is 57.9 Å². The highest BCUT2D eigenvalue weighted by Crippen LogP contribution is 2.40. The molecule has 1 N–H and O–H groups in total. The number of alkyl carbamates (subject to hydrolysis) is 1. The number of rotatable bonds is 6. The first-order valence-electron chi connectivity index (χ1n) is 10.6. The third kappa shape index (κ3) is 8.28. The van der Waals surface area contributed by atoms with Gasteiger partial charge in [0.15, 0.2) is 0 Å². The lowest BCUT2D eigenvalue weighted by molar-refractivity contribution is 0.0449. The third-order valence-electron chi connectivity index (χ3n) is 5.68. The van der Waals surface area contributed by atoms with Crippen molar-refractivity contribution in [2.24, 2.45) is 17.3 Å². The summed E-state index contributed by atoms with van der Waals surface area (Å²) in [6.45, 7) is 16.7. The standard InChI is InChI=1S/C22H43NO3Si/c1-15(16(2)26-27)19(21(3,4)5)18(14-17-12-10-9-11-13-17)23-20(24)25-22(6,7)8/h17-19H,9-14H2,1-8,27H3,(H,23,24)/t18-,19-/m0/s1. The van der Waals surface area contributed by atoms with Crippen molar-refractivity contribution in [2.45, 2.75) is 106 Å². The zero-order chi connectivity index (χ0) is 20.8. The number of carbonyl (C=O) groups is 1. The van der Waals surface area contributed by atoms with Gasteiger partial charge in [0.25, 0.3) is 0 Å². The van der Waals surface area contributed by atoms with Crippen LogP contribution in [0.1, 0.15) is 93.9 Å². The Balaban J connectivity index is 3.15. The third-order valence-corrected chi connectivity index (χ3v) is 6.29. The van der Waals surface area contributed by atoms with Gasteiger partial charge in [-0.3, -0.25) is 0 Å². The summed E-state index contributed by atoms with van der Waals surface area (Å²) in [5.74, 6) is 1.88. The molecule has 1 aliphatic carbocycles. The second-order valence-corrected chi connectivity index (χ2v) is 10.7. The van der Waals surface area contributed by atoms with Gasteiger partial charge in [0.2, 0.25) is 10.5 Å². The Kier molecular flexibility index (Phi) is 8.91. The van der Waals surface area contributed by atoms with E-state index in [0.29, 0.717) is 16.4 Å². The predicted octanol–water partition coefficient (Wildman–Crippen LogP) is 5.10. The van der Waals surface area contributed by atoms with Crippen molar-refractivity contribution in [3.05, 3.63) is 11.3 Å². The van der Waals surface area contributed by atoms with Crippen molar-refractivity contribution in [1.29, 1.82) is 0 Å². The van der Waals surface area contributed by atoms with E-state index in [9.17, 15) is 4.79 Å². The lowest BCUT2D eigenvalue weighted by Crippen LogP contribution is -2.48. The van der Waals surface area contributed by atoms with Crippen LogP contribution in [0.2, 0.25) is 0 Å². The van der Waals surface area contributed by atoms with Crippen molar-refractivity contribution in [2.75, 3.05) is 0 Å². The van der Waals surface area contributed by atoms with Crippen molar-refractivity contribution < 1.29 is 14.0 Å². The molecule has 27 heavy (non-hydrogen) atoms. The molecular formula is C22H43NO3Si. The minimum atomic E-state index is -0.490. The van der Waals surface area contributed by atoms with Crippen LogP contribution in [-0.4, -0.2) is 28.2 Å². The first-order chi connectivity index (χ1) is 12.3. The number of allylic oxidation sites excluding steroid dienone is 1. The Morgan fingerprint density at radius 1 is 1.07 bits per heavy atom. The molecule has 0 unspecified atom stereocenters. The predicted molar refractivity (Wildman–Crippen MR) is 117 cm³/mol. The van der Waals surface area contributed by atoms with Gasteiger partial charge in [-0.25, -0.2) is 4.79 Å². The molecule has 1 fully saturated rings. The minimum absolute atomic E-state index is 0.0137. The summed E-state index contributed by atoms with van der Waals surface area (Å²) < 4.78 is 11.3. The van der Waals surface area contributed by atoms with E-state index < -0.39 is 5.60 Å². The molecule has 0 aromatic carbocycles. The Labute approximate surface area is 170 Å². The SMILES string of the molecule is CC(O[SiH3])=C(C)[C@@H]([C@H](CC1CCCCC1)NC(=O)OC(C)(C)C)C(C)(C)C. The fraction of sp³-hybridized carbons (Fsp3) is 0.864. The highest BCUT2D eigenvalue weighted by molar-refractivity contribution is 5.98. The van der Waals surface area contributed by atoms with E-state index in [1.54, 1.807) is 0 Å². The van der Waals surface area contributed by atoms with E-state index in [1.807, 2.05) is 27.7 Å². The zero-order valence-electron chi connectivity index (χ0n) is 19.2. The molecule has 1 amide bonds. The molecule has 1 aliphatic rings. The van der Waals surface area contributed by atoms with Crippen molar-refractivity contribution in [3.8, 4) is 0 Å². The molecule has 0 radical (unpaired) electrons. The first kappa shape index (κ1) is 24.1. The highest BCUT2D eigenvalue weighted by atomic mass is 28.2. The Morgan fingerprint density at radius 2 is 1.63 bits per heavy atom. The summed E-state index contributed by atoms with van der Waals surface area (Å²) in [4.78, 5) is 12.6. The summed E-state index contributed by atoms with van der Waals surface area (Å²) in [7, 11) is 0.681. The van der Waals surface area contributed by atoms with Crippen LogP contribution in [0.25, 0.3) is 0 Å². The number of hydrogen-bond acceptors (Lipinski definition) is 3. The van der Waals surface area contributed by atoms with E-state index >= 15 is 0 Å². The lowest BCUT2D eigenvalue weighted by Gasteiger charge is -2.41. The van der Waals surface area contributed by atoms with Gasteiger partial charge >= 0.3 is 6.09 Å².